The minimum atomic E-state index is -0.402. The van der Waals surface area contributed by atoms with Crippen molar-refractivity contribution < 1.29 is 19.0 Å². The average Bonchev–Trinajstić information content (AvgIpc) is 2.26. The van der Waals surface area contributed by atoms with E-state index in [4.69, 9.17) is 14.6 Å². The van der Waals surface area contributed by atoms with Crippen LogP contribution in [0.2, 0.25) is 0 Å². The fourth-order valence-electron chi connectivity index (χ4n) is 1.30. The lowest BCUT2D eigenvalue weighted by atomic mass is 10.1. The number of methoxy groups -OCH3 is 2. The zero-order valence-electron chi connectivity index (χ0n) is 8.87. The largest absolute Gasteiger partial charge is 0.392 e. The molecule has 0 fully saturated rings. The van der Waals surface area contributed by atoms with Gasteiger partial charge in [-0.3, -0.25) is 0 Å². The second-order valence-corrected chi connectivity index (χ2v) is 3.19. The number of rotatable bonds is 5. The third-order valence-electron chi connectivity index (χ3n) is 2.22. The first kappa shape index (κ1) is 12.1. The summed E-state index contributed by atoms with van der Waals surface area (Å²) in [6, 6.07) is 4.70. The molecule has 0 unspecified atom stereocenters. The first-order chi connectivity index (χ1) is 7.21. The third-order valence-corrected chi connectivity index (χ3v) is 2.22. The topological polar surface area (TPSA) is 38.7 Å². The first-order valence-electron chi connectivity index (χ1n) is 4.65. The van der Waals surface area contributed by atoms with Crippen molar-refractivity contribution in [3.05, 3.63) is 35.1 Å². The van der Waals surface area contributed by atoms with Crippen LogP contribution >= 0.6 is 0 Å². The van der Waals surface area contributed by atoms with Gasteiger partial charge in [0.1, 0.15) is 5.82 Å². The van der Waals surface area contributed by atoms with Crippen LogP contribution in [0.1, 0.15) is 11.1 Å². The summed E-state index contributed by atoms with van der Waals surface area (Å²) < 4.78 is 23.3. The predicted molar refractivity (Wildman–Crippen MR) is 53.8 cm³/mol. The van der Waals surface area contributed by atoms with Crippen molar-refractivity contribution in [3.63, 3.8) is 0 Å². The van der Waals surface area contributed by atoms with Gasteiger partial charge in [0.05, 0.1) is 6.61 Å². The molecule has 1 rings (SSSR count). The van der Waals surface area contributed by atoms with E-state index in [1.54, 1.807) is 12.1 Å². The SMILES string of the molecule is COC(Cc1ccc(CO)c(F)c1)OC. The highest BCUT2D eigenvalue weighted by Gasteiger charge is 2.08. The van der Waals surface area contributed by atoms with Gasteiger partial charge in [-0.15, -0.1) is 0 Å². The number of hydrogen-bond acceptors (Lipinski definition) is 3. The Kier molecular flexibility index (Phi) is 4.68. The predicted octanol–water partition coefficient (Wildman–Crippen LogP) is 1.48. The maximum Gasteiger partial charge on any atom is 0.160 e. The summed E-state index contributed by atoms with van der Waals surface area (Å²) in [4.78, 5) is 0. The smallest absolute Gasteiger partial charge is 0.160 e. The number of aliphatic hydroxyl groups excluding tert-OH is 1. The molecule has 4 heteroatoms. The molecule has 0 aliphatic carbocycles. The molecule has 0 saturated carbocycles. The molecule has 0 bridgehead atoms. The lowest BCUT2D eigenvalue weighted by molar-refractivity contribution is -0.100. The van der Waals surface area contributed by atoms with Crippen LogP contribution in [0.3, 0.4) is 0 Å². The Labute approximate surface area is 88.4 Å². The van der Waals surface area contributed by atoms with Crippen LogP contribution in [0.4, 0.5) is 4.39 Å². The Morgan fingerprint density at radius 3 is 2.47 bits per heavy atom. The van der Waals surface area contributed by atoms with Crippen LogP contribution < -0.4 is 0 Å². The molecule has 84 valence electrons. The first-order valence-corrected chi connectivity index (χ1v) is 4.65. The van der Waals surface area contributed by atoms with Gasteiger partial charge in [0.25, 0.3) is 0 Å². The molecule has 1 N–H and O–H groups in total. The fourth-order valence-corrected chi connectivity index (χ4v) is 1.30. The van der Waals surface area contributed by atoms with Crippen LogP contribution in [0, 0.1) is 5.82 Å². The van der Waals surface area contributed by atoms with Crippen molar-refractivity contribution in [1.29, 1.82) is 0 Å². The Hall–Kier alpha value is -0.970. The summed E-state index contributed by atoms with van der Waals surface area (Å²) in [5, 5.41) is 8.79. The molecule has 0 heterocycles. The molecular formula is C11H15FO3. The lowest BCUT2D eigenvalue weighted by Crippen LogP contribution is -2.16. The maximum atomic E-state index is 13.3. The van der Waals surface area contributed by atoms with Gasteiger partial charge in [-0.25, -0.2) is 4.39 Å². The van der Waals surface area contributed by atoms with E-state index in [0.717, 1.165) is 5.56 Å². The van der Waals surface area contributed by atoms with Gasteiger partial charge < -0.3 is 14.6 Å². The van der Waals surface area contributed by atoms with Gasteiger partial charge in [-0.1, -0.05) is 12.1 Å². The Morgan fingerprint density at radius 1 is 1.33 bits per heavy atom. The van der Waals surface area contributed by atoms with E-state index in [9.17, 15) is 4.39 Å². The number of hydrogen-bond donors (Lipinski definition) is 1. The average molecular weight is 214 g/mol. The highest BCUT2D eigenvalue weighted by molar-refractivity contribution is 5.24. The molecule has 0 aliphatic rings. The summed E-state index contributed by atoms with van der Waals surface area (Å²) in [7, 11) is 3.07. The van der Waals surface area contributed by atoms with Crippen molar-refractivity contribution in [2.75, 3.05) is 14.2 Å². The molecule has 1 aromatic carbocycles. The minimum absolute atomic E-state index is 0.288. The highest BCUT2D eigenvalue weighted by Crippen LogP contribution is 2.13. The fraction of sp³-hybridized carbons (Fsp3) is 0.455. The van der Waals surface area contributed by atoms with E-state index < -0.39 is 5.82 Å². The summed E-state index contributed by atoms with van der Waals surface area (Å²) in [5.74, 6) is -0.402. The second-order valence-electron chi connectivity index (χ2n) is 3.19. The van der Waals surface area contributed by atoms with Crippen molar-refractivity contribution in [2.45, 2.75) is 19.3 Å². The normalized spacial score (nSPS) is 11.0. The lowest BCUT2D eigenvalue weighted by Gasteiger charge is -2.13. The molecule has 3 nitrogen and oxygen atoms in total. The molecule has 1 aromatic rings. The Balaban J connectivity index is 2.74. The zero-order valence-corrected chi connectivity index (χ0v) is 8.87. The van der Waals surface area contributed by atoms with E-state index in [0.29, 0.717) is 12.0 Å². The van der Waals surface area contributed by atoms with E-state index >= 15 is 0 Å². The summed E-state index contributed by atoms with van der Waals surface area (Å²) in [6.45, 7) is -0.288. The van der Waals surface area contributed by atoms with Crippen molar-refractivity contribution >= 4 is 0 Å². The number of benzene rings is 1. The number of halogens is 1. The minimum Gasteiger partial charge on any atom is -0.392 e. The Morgan fingerprint density at radius 2 is 2.00 bits per heavy atom. The van der Waals surface area contributed by atoms with E-state index in [1.807, 2.05) is 0 Å². The van der Waals surface area contributed by atoms with Crippen molar-refractivity contribution in [1.82, 2.24) is 0 Å². The summed E-state index contributed by atoms with van der Waals surface area (Å²) >= 11 is 0. The van der Waals surface area contributed by atoms with Crippen LogP contribution in [0.15, 0.2) is 18.2 Å². The van der Waals surface area contributed by atoms with Gasteiger partial charge in [-0.05, 0) is 11.6 Å². The van der Waals surface area contributed by atoms with Crippen LogP contribution in [0.5, 0.6) is 0 Å². The van der Waals surface area contributed by atoms with Crippen molar-refractivity contribution in [3.8, 4) is 0 Å². The monoisotopic (exact) mass is 214 g/mol. The molecule has 0 aromatic heterocycles. The van der Waals surface area contributed by atoms with Crippen LogP contribution in [-0.4, -0.2) is 25.6 Å². The quantitative estimate of drug-likeness (QED) is 0.754. The molecule has 0 aliphatic heterocycles. The molecule has 0 amide bonds. The van der Waals surface area contributed by atoms with Gasteiger partial charge in [0, 0.05) is 26.2 Å². The van der Waals surface area contributed by atoms with Crippen LogP contribution in [-0.2, 0) is 22.5 Å². The summed E-state index contributed by atoms with van der Waals surface area (Å²) in [6.07, 6.45) is 0.111. The molecule has 0 spiro atoms. The van der Waals surface area contributed by atoms with Crippen molar-refractivity contribution in [2.24, 2.45) is 0 Å². The standard InChI is InChI=1S/C11H15FO3/c1-14-11(15-2)6-8-3-4-9(7-13)10(12)5-8/h3-5,11,13H,6-7H2,1-2H3. The number of ether oxygens (including phenoxy) is 2. The van der Waals surface area contributed by atoms with E-state index in [-0.39, 0.29) is 12.9 Å². The molecule has 0 atom stereocenters. The molecular weight excluding hydrogens is 199 g/mol. The molecule has 0 saturated heterocycles. The molecule has 15 heavy (non-hydrogen) atoms. The summed E-state index contributed by atoms with van der Waals surface area (Å²) in [5.41, 5.74) is 1.07. The van der Waals surface area contributed by atoms with Gasteiger partial charge in [0.15, 0.2) is 6.29 Å². The number of aliphatic hydroxyl groups is 1. The molecule has 0 radical (unpaired) electrons. The van der Waals surface area contributed by atoms with Gasteiger partial charge in [0.2, 0.25) is 0 Å². The third kappa shape index (κ3) is 3.27. The zero-order chi connectivity index (χ0) is 11.3. The highest BCUT2D eigenvalue weighted by atomic mass is 19.1. The van der Waals surface area contributed by atoms with Gasteiger partial charge >= 0.3 is 0 Å². The second kappa shape index (κ2) is 5.80. The van der Waals surface area contributed by atoms with Crippen LogP contribution in [0.25, 0.3) is 0 Å². The Bertz CT molecular complexity index is 311. The van der Waals surface area contributed by atoms with Gasteiger partial charge in [-0.2, -0.15) is 0 Å². The van der Waals surface area contributed by atoms with E-state index in [1.165, 1.54) is 20.3 Å². The van der Waals surface area contributed by atoms with E-state index in [2.05, 4.69) is 0 Å². The maximum absolute atomic E-state index is 13.3.